The van der Waals surface area contributed by atoms with Gasteiger partial charge >= 0.3 is 0 Å². The van der Waals surface area contributed by atoms with Gasteiger partial charge < -0.3 is 4.90 Å². The predicted octanol–water partition coefficient (Wildman–Crippen LogP) is 3.47. The van der Waals surface area contributed by atoms with E-state index in [2.05, 4.69) is 17.9 Å². The Morgan fingerprint density at radius 3 is 2.73 bits per heavy atom. The van der Waals surface area contributed by atoms with E-state index in [1.165, 1.54) is 0 Å². The summed E-state index contributed by atoms with van der Waals surface area (Å²) in [6.07, 6.45) is 1.48. The average Bonchev–Trinajstić information content (AvgIpc) is 2.26. The van der Waals surface area contributed by atoms with Crippen LogP contribution in [0.15, 0.2) is 24.3 Å². The lowest BCUT2D eigenvalue weighted by atomic mass is 10.2. The Morgan fingerprint density at radius 2 is 2.13 bits per heavy atom. The third-order valence-corrected chi connectivity index (χ3v) is 2.61. The zero-order valence-electron chi connectivity index (χ0n) is 8.91. The molecule has 0 saturated heterocycles. The minimum Gasteiger partial charge on any atom is -0.371 e. The van der Waals surface area contributed by atoms with Crippen molar-refractivity contribution >= 4 is 17.3 Å². The van der Waals surface area contributed by atoms with Gasteiger partial charge in [0.1, 0.15) is 0 Å². The number of nitriles is 1. The van der Waals surface area contributed by atoms with E-state index in [0.29, 0.717) is 6.42 Å². The van der Waals surface area contributed by atoms with Crippen molar-refractivity contribution < 1.29 is 0 Å². The van der Waals surface area contributed by atoms with Crippen molar-refractivity contribution in [1.82, 2.24) is 0 Å². The van der Waals surface area contributed by atoms with Crippen LogP contribution in [0.5, 0.6) is 0 Å². The number of rotatable bonds is 5. The van der Waals surface area contributed by atoms with E-state index in [9.17, 15) is 0 Å². The fraction of sp³-hybridized carbons (Fsp3) is 0.417. The molecule has 3 heteroatoms. The molecule has 0 radical (unpaired) electrons. The smallest absolute Gasteiger partial charge is 0.0639 e. The number of hydrogen-bond acceptors (Lipinski definition) is 2. The first kappa shape index (κ1) is 11.9. The molecule has 1 aromatic rings. The van der Waals surface area contributed by atoms with Gasteiger partial charge in [-0.3, -0.25) is 0 Å². The predicted molar refractivity (Wildman–Crippen MR) is 64.2 cm³/mol. The number of para-hydroxylation sites is 1. The molecule has 0 N–H and O–H groups in total. The summed E-state index contributed by atoms with van der Waals surface area (Å²) < 4.78 is 0. The zero-order valence-corrected chi connectivity index (χ0v) is 9.67. The van der Waals surface area contributed by atoms with Crippen molar-refractivity contribution in [2.45, 2.75) is 19.8 Å². The molecular weight excluding hydrogens is 208 g/mol. The molecule has 0 aliphatic carbocycles. The van der Waals surface area contributed by atoms with Gasteiger partial charge in [-0.1, -0.05) is 23.7 Å². The van der Waals surface area contributed by atoms with Crippen LogP contribution >= 0.6 is 11.6 Å². The molecule has 1 aromatic carbocycles. The van der Waals surface area contributed by atoms with Gasteiger partial charge in [0.25, 0.3) is 0 Å². The molecule has 1 rings (SSSR count). The molecule has 0 fully saturated rings. The Hall–Kier alpha value is -1.20. The monoisotopic (exact) mass is 222 g/mol. The van der Waals surface area contributed by atoms with Crippen LogP contribution in [-0.4, -0.2) is 13.1 Å². The molecule has 0 heterocycles. The minimum absolute atomic E-state index is 0.598. The second-order valence-electron chi connectivity index (χ2n) is 3.29. The lowest BCUT2D eigenvalue weighted by molar-refractivity contribution is 0.761. The van der Waals surface area contributed by atoms with Crippen LogP contribution in [0.4, 0.5) is 5.69 Å². The van der Waals surface area contributed by atoms with Gasteiger partial charge in [0, 0.05) is 19.5 Å². The summed E-state index contributed by atoms with van der Waals surface area (Å²) in [5.74, 6) is 0. The molecule has 0 bridgehead atoms. The first-order valence-electron chi connectivity index (χ1n) is 5.16. The lowest BCUT2D eigenvalue weighted by Crippen LogP contribution is -2.24. The summed E-state index contributed by atoms with van der Waals surface area (Å²) in [5.41, 5.74) is 1.06. The molecule has 0 atom stereocenters. The minimum atomic E-state index is 0.598. The first-order chi connectivity index (χ1) is 7.29. The van der Waals surface area contributed by atoms with E-state index >= 15 is 0 Å². The Kier molecular flexibility index (Phi) is 5.00. The van der Waals surface area contributed by atoms with E-state index in [1.807, 2.05) is 24.3 Å². The third-order valence-electron chi connectivity index (χ3n) is 2.29. The summed E-state index contributed by atoms with van der Waals surface area (Å²) in [6, 6.07) is 9.96. The molecule has 0 unspecified atom stereocenters. The molecule has 0 aliphatic heterocycles. The molecule has 2 nitrogen and oxygen atoms in total. The van der Waals surface area contributed by atoms with Crippen LogP contribution < -0.4 is 4.90 Å². The van der Waals surface area contributed by atoms with Crippen LogP contribution in [0.2, 0.25) is 5.02 Å². The summed E-state index contributed by atoms with van der Waals surface area (Å²) in [6.45, 7) is 3.89. The van der Waals surface area contributed by atoms with Gasteiger partial charge in [0.05, 0.1) is 16.8 Å². The molecular formula is C12H15ClN2. The average molecular weight is 223 g/mol. The molecule has 0 spiro atoms. The highest BCUT2D eigenvalue weighted by atomic mass is 35.5. The van der Waals surface area contributed by atoms with Gasteiger partial charge in [-0.2, -0.15) is 5.26 Å². The maximum Gasteiger partial charge on any atom is 0.0639 e. The van der Waals surface area contributed by atoms with Crippen LogP contribution in [0.3, 0.4) is 0 Å². The highest BCUT2D eigenvalue weighted by Gasteiger charge is 2.06. The van der Waals surface area contributed by atoms with E-state index in [1.54, 1.807) is 0 Å². The third kappa shape index (κ3) is 3.45. The van der Waals surface area contributed by atoms with Crippen molar-refractivity contribution in [2.75, 3.05) is 18.0 Å². The van der Waals surface area contributed by atoms with Gasteiger partial charge in [0.2, 0.25) is 0 Å². The van der Waals surface area contributed by atoms with Crippen LogP contribution in [-0.2, 0) is 0 Å². The highest BCUT2D eigenvalue weighted by molar-refractivity contribution is 6.33. The Bertz CT molecular complexity index is 344. The van der Waals surface area contributed by atoms with Gasteiger partial charge in [-0.15, -0.1) is 0 Å². The summed E-state index contributed by atoms with van der Waals surface area (Å²) >= 11 is 6.10. The first-order valence-corrected chi connectivity index (χ1v) is 5.53. The van der Waals surface area contributed by atoms with Crippen LogP contribution in [0.1, 0.15) is 19.8 Å². The number of benzene rings is 1. The Labute approximate surface area is 96.1 Å². The van der Waals surface area contributed by atoms with Crippen molar-refractivity contribution in [3.63, 3.8) is 0 Å². The number of anilines is 1. The van der Waals surface area contributed by atoms with Gasteiger partial charge in [-0.25, -0.2) is 0 Å². The maximum absolute atomic E-state index is 8.48. The molecule has 15 heavy (non-hydrogen) atoms. The van der Waals surface area contributed by atoms with Gasteiger partial charge in [-0.05, 0) is 25.5 Å². The zero-order chi connectivity index (χ0) is 11.1. The van der Waals surface area contributed by atoms with E-state index in [0.717, 1.165) is 30.2 Å². The quantitative estimate of drug-likeness (QED) is 0.714. The number of halogens is 1. The molecule has 0 amide bonds. The van der Waals surface area contributed by atoms with Crippen molar-refractivity contribution in [2.24, 2.45) is 0 Å². The SMILES string of the molecule is CCN(CCCC#N)c1ccccc1Cl. The van der Waals surface area contributed by atoms with E-state index in [4.69, 9.17) is 16.9 Å². The summed E-state index contributed by atoms with van der Waals surface area (Å²) in [4.78, 5) is 2.19. The molecule has 0 aromatic heterocycles. The normalized spacial score (nSPS) is 9.67. The summed E-state index contributed by atoms with van der Waals surface area (Å²) in [7, 11) is 0. The number of unbranched alkanes of at least 4 members (excludes halogenated alkanes) is 1. The van der Waals surface area contributed by atoms with E-state index < -0.39 is 0 Å². The molecule has 0 saturated carbocycles. The topological polar surface area (TPSA) is 27.0 Å². The standard InChI is InChI=1S/C12H15ClN2/c1-2-15(10-6-5-9-14)12-8-4-3-7-11(12)13/h3-4,7-8H,2,5-6,10H2,1H3. The number of nitrogens with zero attached hydrogens (tertiary/aromatic N) is 2. The van der Waals surface area contributed by atoms with Crippen LogP contribution in [0, 0.1) is 11.3 Å². The largest absolute Gasteiger partial charge is 0.371 e. The number of hydrogen-bond donors (Lipinski definition) is 0. The molecule has 80 valence electrons. The Morgan fingerprint density at radius 1 is 1.40 bits per heavy atom. The van der Waals surface area contributed by atoms with Crippen molar-refractivity contribution in [1.29, 1.82) is 5.26 Å². The fourth-order valence-corrected chi connectivity index (χ4v) is 1.76. The summed E-state index contributed by atoms with van der Waals surface area (Å²) in [5, 5.41) is 9.26. The maximum atomic E-state index is 8.48. The Balaban J connectivity index is 2.66. The molecule has 0 aliphatic rings. The van der Waals surface area contributed by atoms with Crippen molar-refractivity contribution in [3.8, 4) is 6.07 Å². The van der Waals surface area contributed by atoms with Crippen molar-refractivity contribution in [3.05, 3.63) is 29.3 Å². The van der Waals surface area contributed by atoms with Crippen LogP contribution in [0.25, 0.3) is 0 Å². The fourth-order valence-electron chi connectivity index (χ4n) is 1.51. The lowest BCUT2D eigenvalue weighted by Gasteiger charge is -2.23. The van der Waals surface area contributed by atoms with Gasteiger partial charge in [0.15, 0.2) is 0 Å². The second kappa shape index (κ2) is 6.31. The second-order valence-corrected chi connectivity index (χ2v) is 3.70. The van der Waals surface area contributed by atoms with E-state index in [-0.39, 0.29) is 0 Å². The highest BCUT2D eigenvalue weighted by Crippen LogP contribution is 2.25.